The van der Waals surface area contributed by atoms with Crippen LogP contribution in [0.15, 0.2) is 21.9 Å². The van der Waals surface area contributed by atoms with Crippen molar-refractivity contribution in [2.75, 3.05) is 6.61 Å². The molecule has 8 heteroatoms. The number of aliphatic hydroxyl groups is 2. The average molecular weight is 300 g/mol. The van der Waals surface area contributed by atoms with Crippen LogP contribution in [-0.2, 0) is 10.5 Å². The molecule has 0 saturated carbocycles. The molecule has 1 aliphatic rings. The van der Waals surface area contributed by atoms with E-state index in [2.05, 4.69) is 4.98 Å². The lowest BCUT2D eigenvalue weighted by molar-refractivity contribution is -0.114. The molecule has 3 atom stereocenters. The molecule has 1 fully saturated rings. The molecule has 0 spiro atoms. The topological polar surface area (TPSA) is 105 Å². The maximum absolute atomic E-state index is 12.0. The molecular formula is C12H16N2O5S. The Kier molecular flexibility index (Phi) is 4.19. The van der Waals surface area contributed by atoms with Gasteiger partial charge in [0.25, 0.3) is 5.56 Å². The van der Waals surface area contributed by atoms with Crippen LogP contribution < -0.4 is 11.2 Å². The third-order valence-electron chi connectivity index (χ3n) is 3.30. The van der Waals surface area contributed by atoms with E-state index in [0.717, 1.165) is 0 Å². The number of ether oxygens (including phenoxy) is 1. The zero-order valence-corrected chi connectivity index (χ0v) is 11.7. The first-order valence-corrected chi connectivity index (χ1v) is 6.57. The van der Waals surface area contributed by atoms with Crippen LogP contribution in [0.4, 0.5) is 0 Å². The number of thiocarbonyl (C=S) groups is 1. The lowest BCUT2D eigenvalue weighted by Crippen LogP contribution is -2.45. The van der Waals surface area contributed by atoms with E-state index < -0.39 is 29.2 Å². The zero-order chi connectivity index (χ0) is 14.9. The Hall–Kier alpha value is -1.35. The molecule has 2 heterocycles. The molecule has 1 aromatic heterocycles. The summed E-state index contributed by atoms with van der Waals surface area (Å²) in [6, 6.07) is 1.20. The van der Waals surface area contributed by atoms with E-state index in [9.17, 15) is 19.8 Å². The maximum atomic E-state index is 12.0. The lowest BCUT2D eigenvalue weighted by Gasteiger charge is -2.30. The van der Waals surface area contributed by atoms with E-state index in [1.54, 1.807) is 6.92 Å². The number of hydrogen-bond donors (Lipinski definition) is 3. The summed E-state index contributed by atoms with van der Waals surface area (Å²) >= 11 is 5.08. The molecule has 0 aromatic carbocycles. The summed E-state index contributed by atoms with van der Waals surface area (Å²) in [5.41, 5.74) is -2.34. The molecular weight excluding hydrogens is 284 g/mol. The number of aliphatic hydroxyl groups excluding tert-OH is 2. The lowest BCUT2D eigenvalue weighted by atomic mass is 10.0. The van der Waals surface area contributed by atoms with E-state index in [-0.39, 0.29) is 19.4 Å². The Morgan fingerprint density at radius 3 is 2.85 bits per heavy atom. The Balaban J connectivity index is 2.51. The molecule has 0 bridgehead atoms. The molecule has 2 rings (SSSR count). The molecule has 7 nitrogen and oxygen atoms in total. The van der Waals surface area contributed by atoms with E-state index in [4.69, 9.17) is 17.0 Å². The number of nitrogens with zero attached hydrogens (tertiary/aromatic N) is 1. The van der Waals surface area contributed by atoms with Gasteiger partial charge in [-0.15, -0.1) is 0 Å². The number of aromatic amines is 1. The third kappa shape index (κ3) is 2.73. The smallest absolute Gasteiger partial charge is 0.330 e. The van der Waals surface area contributed by atoms with Crippen molar-refractivity contribution >= 4 is 17.1 Å². The minimum atomic E-state index is -1.18. The number of rotatable bonds is 4. The Morgan fingerprint density at radius 1 is 1.65 bits per heavy atom. The first-order valence-electron chi connectivity index (χ1n) is 6.16. The first kappa shape index (κ1) is 15.0. The fraction of sp³-hybridized carbons (Fsp3) is 0.583. The number of hydrogen-bond acceptors (Lipinski definition) is 6. The van der Waals surface area contributed by atoms with Crippen LogP contribution >= 0.6 is 12.2 Å². The number of H-pyrrole nitrogens is 1. The second-order valence-electron chi connectivity index (χ2n) is 4.92. The summed E-state index contributed by atoms with van der Waals surface area (Å²) in [6.07, 6.45) is -0.0531. The van der Waals surface area contributed by atoms with Crippen molar-refractivity contribution in [2.24, 2.45) is 0 Å². The molecule has 0 radical (unpaired) electrons. The van der Waals surface area contributed by atoms with E-state index in [1.165, 1.54) is 16.8 Å². The average Bonchev–Trinajstić information content (AvgIpc) is 2.65. The number of nitrogens with one attached hydrogen (secondary N) is 1. The highest BCUT2D eigenvalue weighted by molar-refractivity contribution is 7.80. The quantitative estimate of drug-likeness (QED) is 0.623. The highest BCUT2D eigenvalue weighted by Gasteiger charge is 2.47. The van der Waals surface area contributed by atoms with Crippen molar-refractivity contribution in [3.63, 3.8) is 0 Å². The number of aromatic nitrogens is 2. The molecule has 1 saturated heterocycles. The molecule has 20 heavy (non-hydrogen) atoms. The molecule has 0 aliphatic carbocycles. The van der Waals surface area contributed by atoms with Crippen molar-refractivity contribution in [2.45, 2.75) is 37.7 Å². The van der Waals surface area contributed by atoms with Gasteiger partial charge in [0.2, 0.25) is 0 Å². The standard InChI is InChI=1S/C12H16N2O5S/c1-7(20)4-12(5-8(16)9(6-15)19-12)14-3-2-10(17)13-11(14)18/h2-3,8-9,15-16H,4-6H2,1H3,(H,13,17,18)/t8-,9+,12+/m0/s1. The highest BCUT2D eigenvalue weighted by atomic mass is 32.1. The predicted octanol–water partition coefficient (Wildman–Crippen LogP) is -0.889. The largest absolute Gasteiger partial charge is 0.394 e. The first-order chi connectivity index (χ1) is 9.38. The van der Waals surface area contributed by atoms with Crippen molar-refractivity contribution in [3.05, 3.63) is 33.1 Å². The fourth-order valence-electron chi connectivity index (χ4n) is 2.51. The fourth-order valence-corrected chi connectivity index (χ4v) is 2.73. The van der Waals surface area contributed by atoms with Crippen LogP contribution in [0.25, 0.3) is 0 Å². The van der Waals surface area contributed by atoms with Crippen LogP contribution in [0.5, 0.6) is 0 Å². The molecule has 110 valence electrons. The second kappa shape index (κ2) is 5.57. The van der Waals surface area contributed by atoms with Crippen molar-refractivity contribution in [1.82, 2.24) is 9.55 Å². The molecule has 0 unspecified atom stereocenters. The van der Waals surface area contributed by atoms with Crippen molar-refractivity contribution < 1.29 is 14.9 Å². The van der Waals surface area contributed by atoms with Crippen LogP contribution in [0.2, 0.25) is 0 Å². The van der Waals surface area contributed by atoms with Gasteiger partial charge >= 0.3 is 5.69 Å². The summed E-state index contributed by atoms with van der Waals surface area (Å²) in [7, 11) is 0. The van der Waals surface area contributed by atoms with Gasteiger partial charge in [0.05, 0.1) is 12.7 Å². The summed E-state index contributed by atoms with van der Waals surface area (Å²) < 4.78 is 6.89. The molecule has 1 aromatic rings. The predicted molar refractivity (Wildman–Crippen MR) is 74.8 cm³/mol. The van der Waals surface area contributed by atoms with Crippen LogP contribution in [0.1, 0.15) is 19.8 Å². The normalized spacial score (nSPS) is 29.6. The highest BCUT2D eigenvalue weighted by Crippen LogP contribution is 2.37. The van der Waals surface area contributed by atoms with E-state index in [0.29, 0.717) is 4.86 Å². The Labute approximate surface area is 119 Å². The minimum Gasteiger partial charge on any atom is -0.394 e. The van der Waals surface area contributed by atoms with Gasteiger partial charge in [-0.05, 0) is 11.8 Å². The monoisotopic (exact) mass is 300 g/mol. The maximum Gasteiger partial charge on any atom is 0.330 e. The van der Waals surface area contributed by atoms with E-state index >= 15 is 0 Å². The Morgan fingerprint density at radius 2 is 2.35 bits per heavy atom. The van der Waals surface area contributed by atoms with Crippen LogP contribution in [0.3, 0.4) is 0 Å². The second-order valence-corrected chi connectivity index (χ2v) is 5.61. The van der Waals surface area contributed by atoms with Gasteiger partial charge in [0.15, 0.2) is 5.72 Å². The Bertz CT molecular complexity index is 625. The third-order valence-corrected chi connectivity index (χ3v) is 3.44. The molecule has 1 aliphatic heterocycles. The van der Waals surface area contributed by atoms with Gasteiger partial charge in [-0.3, -0.25) is 14.3 Å². The summed E-state index contributed by atoms with van der Waals surface area (Å²) in [5.74, 6) is 0. The van der Waals surface area contributed by atoms with Crippen molar-refractivity contribution in [3.8, 4) is 0 Å². The van der Waals surface area contributed by atoms with Crippen LogP contribution in [0, 0.1) is 0 Å². The summed E-state index contributed by atoms with van der Waals surface area (Å²) in [5, 5.41) is 19.1. The van der Waals surface area contributed by atoms with Crippen molar-refractivity contribution in [1.29, 1.82) is 0 Å². The van der Waals surface area contributed by atoms with Gasteiger partial charge in [-0.1, -0.05) is 12.2 Å². The molecule has 3 N–H and O–H groups in total. The van der Waals surface area contributed by atoms with Gasteiger partial charge < -0.3 is 14.9 Å². The minimum absolute atomic E-state index is 0.109. The summed E-state index contributed by atoms with van der Waals surface area (Å²) in [4.78, 5) is 25.8. The SMILES string of the molecule is CC(=S)C[C@]1(n2ccc(=O)[nH]c2=O)C[C@H](O)[C@@H](CO)O1. The van der Waals surface area contributed by atoms with Gasteiger partial charge in [-0.2, -0.15) is 0 Å². The van der Waals surface area contributed by atoms with E-state index in [1.807, 2.05) is 0 Å². The van der Waals surface area contributed by atoms with Gasteiger partial charge in [0.1, 0.15) is 6.10 Å². The van der Waals surface area contributed by atoms with Crippen LogP contribution in [-0.4, -0.2) is 43.4 Å². The summed E-state index contributed by atoms with van der Waals surface area (Å²) in [6.45, 7) is 1.34. The zero-order valence-electron chi connectivity index (χ0n) is 10.9. The van der Waals surface area contributed by atoms with Gasteiger partial charge in [-0.25, -0.2) is 4.79 Å². The molecule has 0 amide bonds. The van der Waals surface area contributed by atoms with Gasteiger partial charge in [0, 0.05) is 25.1 Å².